The van der Waals surface area contributed by atoms with E-state index in [1.54, 1.807) is 6.07 Å². The van der Waals surface area contributed by atoms with Crippen LogP contribution < -0.4 is 0 Å². The summed E-state index contributed by atoms with van der Waals surface area (Å²) in [6.45, 7) is 6.84. The third-order valence-corrected chi connectivity index (χ3v) is 4.05. The number of hydrogen-bond donors (Lipinski definition) is 0. The van der Waals surface area contributed by atoms with Crippen molar-refractivity contribution in [1.82, 2.24) is 9.80 Å². The van der Waals surface area contributed by atoms with Gasteiger partial charge < -0.3 is 14.1 Å². The average Bonchev–Trinajstić information content (AvgIpc) is 3.01. The van der Waals surface area contributed by atoms with Crippen LogP contribution in [-0.2, 0) is 16.0 Å². The van der Waals surface area contributed by atoms with Crippen LogP contribution in [0.2, 0.25) is 0 Å². The fourth-order valence-corrected chi connectivity index (χ4v) is 2.71. The highest BCUT2D eigenvalue weighted by Crippen LogP contribution is 2.16. The number of piperazine rings is 1. The summed E-state index contributed by atoms with van der Waals surface area (Å²) >= 11 is 0. The van der Waals surface area contributed by atoms with E-state index in [9.17, 15) is 9.59 Å². The van der Waals surface area contributed by atoms with E-state index < -0.39 is 0 Å². The average molecular weight is 308 g/mol. The van der Waals surface area contributed by atoms with Gasteiger partial charge in [0, 0.05) is 38.6 Å². The van der Waals surface area contributed by atoms with Crippen LogP contribution in [0.25, 0.3) is 0 Å². The van der Waals surface area contributed by atoms with Gasteiger partial charge in [0.25, 0.3) is 5.91 Å². The highest BCUT2D eigenvalue weighted by Gasteiger charge is 2.29. The van der Waals surface area contributed by atoms with Crippen molar-refractivity contribution in [3.05, 3.63) is 23.7 Å². The van der Waals surface area contributed by atoms with Gasteiger partial charge in [-0.25, -0.2) is 0 Å². The first-order valence-electron chi connectivity index (χ1n) is 7.74. The van der Waals surface area contributed by atoms with Crippen molar-refractivity contribution in [2.75, 3.05) is 33.3 Å². The molecular weight excluding hydrogens is 284 g/mol. The van der Waals surface area contributed by atoms with Crippen LogP contribution in [0.15, 0.2) is 16.5 Å². The smallest absolute Gasteiger partial charge is 0.306 e. The maximum absolute atomic E-state index is 12.5. The number of furan rings is 1. The van der Waals surface area contributed by atoms with Crippen molar-refractivity contribution in [3.63, 3.8) is 0 Å². The summed E-state index contributed by atoms with van der Waals surface area (Å²) in [7, 11) is 1.40. The first-order chi connectivity index (χ1) is 10.5. The normalized spacial score (nSPS) is 19.2. The van der Waals surface area contributed by atoms with Crippen LogP contribution in [0.4, 0.5) is 0 Å². The molecule has 0 unspecified atom stereocenters. The van der Waals surface area contributed by atoms with Gasteiger partial charge in [0.15, 0.2) is 5.76 Å². The largest absolute Gasteiger partial charge is 0.469 e. The van der Waals surface area contributed by atoms with Gasteiger partial charge in [0.2, 0.25) is 0 Å². The second kappa shape index (κ2) is 7.45. The lowest BCUT2D eigenvalue weighted by molar-refractivity contribution is -0.141. The van der Waals surface area contributed by atoms with Gasteiger partial charge in [0.05, 0.1) is 13.5 Å². The van der Waals surface area contributed by atoms with Crippen LogP contribution in [0.1, 0.15) is 36.6 Å². The van der Waals surface area contributed by atoms with Crippen molar-refractivity contribution < 1.29 is 18.7 Å². The van der Waals surface area contributed by atoms with E-state index in [1.807, 2.05) is 24.8 Å². The Morgan fingerprint density at radius 3 is 2.73 bits per heavy atom. The summed E-state index contributed by atoms with van der Waals surface area (Å²) in [5.41, 5.74) is 0. The number of ether oxygens (including phenoxy) is 1. The molecule has 122 valence electrons. The lowest BCUT2D eigenvalue weighted by Gasteiger charge is -2.39. The Morgan fingerprint density at radius 1 is 1.36 bits per heavy atom. The standard InChI is InChI=1S/C16H24N2O4/c1-4-13-5-6-14(22-13)16(20)18-10-9-17(11-12(18)2)8-7-15(19)21-3/h5-6,12H,4,7-11H2,1-3H3/t12-/m1/s1. The second-order valence-electron chi connectivity index (χ2n) is 5.59. The molecule has 0 radical (unpaired) electrons. The van der Waals surface area contributed by atoms with Crippen LogP contribution >= 0.6 is 0 Å². The first-order valence-corrected chi connectivity index (χ1v) is 7.74. The molecule has 0 aliphatic carbocycles. The molecule has 1 aliphatic heterocycles. The fraction of sp³-hybridized carbons (Fsp3) is 0.625. The number of carbonyl (C=O) groups is 2. The number of amides is 1. The lowest BCUT2D eigenvalue weighted by Crippen LogP contribution is -2.54. The molecule has 0 bridgehead atoms. The zero-order valence-electron chi connectivity index (χ0n) is 13.5. The van der Waals surface area contributed by atoms with Crippen LogP contribution in [0, 0.1) is 0 Å². The molecule has 0 N–H and O–H groups in total. The molecule has 1 atom stereocenters. The van der Waals surface area contributed by atoms with Crippen molar-refractivity contribution >= 4 is 11.9 Å². The predicted molar refractivity (Wildman–Crippen MR) is 81.7 cm³/mol. The monoisotopic (exact) mass is 308 g/mol. The SMILES string of the molecule is CCc1ccc(C(=O)N2CCN(CCC(=O)OC)C[C@H]2C)o1. The van der Waals surface area contributed by atoms with Gasteiger partial charge >= 0.3 is 5.97 Å². The summed E-state index contributed by atoms with van der Waals surface area (Å²) in [5, 5.41) is 0. The molecule has 2 rings (SSSR count). The molecule has 2 heterocycles. The summed E-state index contributed by atoms with van der Waals surface area (Å²) in [4.78, 5) is 27.7. The molecule has 0 saturated carbocycles. The predicted octanol–water partition coefficient (Wildman–Crippen LogP) is 1.55. The van der Waals surface area contributed by atoms with Crippen LogP contribution in [-0.4, -0.2) is 61.0 Å². The topological polar surface area (TPSA) is 63.0 Å². The van der Waals surface area contributed by atoms with E-state index in [2.05, 4.69) is 9.64 Å². The number of hydrogen-bond acceptors (Lipinski definition) is 5. The Kier molecular flexibility index (Phi) is 5.60. The van der Waals surface area contributed by atoms with Gasteiger partial charge in [-0.1, -0.05) is 6.92 Å². The van der Waals surface area contributed by atoms with Gasteiger partial charge in [-0.3, -0.25) is 14.5 Å². The quantitative estimate of drug-likeness (QED) is 0.772. The summed E-state index contributed by atoms with van der Waals surface area (Å²) in [6, 6.07) is 3.69. The van der Waals surface area contributed by atoms with Crippen molar-refractivity contribution in [2.24, 2.45) is 0 Å². The Bertz CT molecular complexity index is 526. The molecule has 1 fully saturated rings. The highest BCUT2D eigenvalue weighted by molar-refractivity contribution is 5.91. The zero-order valence-corrected chi connectivity index (χ0v) is 13.5. The second-order valence-corrected chi connectivity index (χ2v) is 5.59. The Labute approximate surface area is 131 Å². The summed E-state index contributed by atoms with van der Waals surface area (Å²) in [5.74, 6) is 0.980. The summed E-state index contributed by atoms with van der Waals surface area (Å²) < 4.78 is 10.2. The van der Waals surface area contributed by atoms with Crippen molar-refractivity contribution in [1.29, 1.82) is 0 Å². The molecule has 1 aliphatic rings. The Balaban J connectivity index is 1.90. The molecule has 0 spiro atoms. The maximum Gasteiger partial charge on any atom is 0.306 e. The van der Waals surface area contributed by atoms with Gasteiger partial charge in [0.1, 0.15) is 5.76 Å². The van der Waals surface area contributed by atoms with E-state index in [0.717, 1.165) is 25.3 Å². The highest BCUT2D eigenvalue weighted by atomic mass is 16.5. The minimum Gasteiger partial charge on any atom is -0.469 e. The lowest BCUT2D eigenvalue weighted by atomic mass is 10.1. The van der Waals surface area contributed by atoms with E-state index in [0.29, 0.717) is 25.3 Å². The van der Waals surface area contributed by atoms with Gasteiger partial charge in [-0.05, 0) is 19.1 Å². The van der Waals surface area contributed by atoms with Gasteiger partial charge in [-0.2, -0.15) is 0 Å². The van der Waals surface area contributed by atoms with E-state index in [-0.39, 0.29) is 17.9 Å². The summed E-state index contributed by atoms with van der Waals surface area (Å²) in [6.07, 6.45) is 1.17. The van der Waals surface area contributed by atoms with Crippen LogP contribution in [0.3, 0.4) is 0 Å². The minimum absolute atomic E-state index is 0.0557. The molecule has 22 heavy (non-hydrogen) atoms. The molecule has 0 aromatic carbocycles. The van der Waals surface area contributed by atoms with Crippen molar-refractivity contribution in [2.45, 2.75) is 32.7 Å². The molecule has 1 aromatic heterocycles. The molecule has 6 heteroatoms. The number of aryl methyl sites for hydroxylation is 1. The van der Waals surface area contributed by atoms with Crippen molar-refractivity contribution in [3.8, 4) is 0 Å². The Morgan fingerprint density at radius 2 is 2.14 bits per heavy atom. The third-order valence-electron chi connectivity index (χ3n) is 4.05. The number of nitrogens with zero attached hydrogens (tertiary/aromatic N) is 2. The zero-order chi connectivity index (χ0) is 16.1. The minimum atomic E-state index is -0.200. The number of methoxy groups -OCH3 is 1. The number of rotatable bonds is 5. The van der Waals surface area contributed by atoms with Gasteiger partial charge in [-0.15, -0.1) is 0 Å². The van der Waals surface area contributed by atoms with E-state index in [1.165, 1.54) is 7.11 Å². The maximum atomic E-state index is 12.5. The first kappa shape index (κ1) is 16.5. The Hall–Kier alpha value is -1.82. The molecule has 1 saturated heterocycles. The molecule has 1 aromatic rings. The molecule has 6 nitrogen and oxygen atoms in total. The van der Waals surface area contributed by atoms with E-state index >= 15 is 0 Å². The molecular formula is C16H24N2O4. The number of carbonyl (C=O) groups excluding carboxylic acids is 2. The fourth-order valence-electron chi connectivity index (χ4n) is 2.71. The van der Waals surface area contributed by atoms with E-state index in [4.69, 9.17) is 4.42 Å². The van der Waals surface area contributed by atoms with Crippen LogP contribution in [0.5, 0.6) is 0 Å². The third kappa shape index (κ3) is 3.88. The molecule has 1 amide bonds. The number of esters is 1.